The molecule has 0 fully saturated rings. The van der Waals surface area contributed by atoms with E-state index in [0.717, 1.165) is 28.0 Å². The van der Waals surface area contributed by atoms with Crippen molar-refractivity contribution in [3.8, 4) is 5.75 Å². The minimum Gasteiger partial charge on any atom is -0.496 e. The van der Waals surface area contributed by atoms with Gasteiger partial charge in [0.1, 0.15) is 5.75 Å². The zero-order valence-electron chi connectivity index (χ0n) is 12.3. The lowest BCUT2D eigenvalue weighted by atomic mass is 9.96. The van der Waals surface area contributed by atoms with Gasteiger partial charge in [-0.3, -0.25) is 4.79 Å². The van der Waals surface area contributed by atoms with Gasteiger partial charge in [0, 0.05) is 12.0 Å². The summed E-state index contributed by atoms with van der Waals surface area (Å²) in [5.41, 5.74) is 4.15. The highest BCUT2D eigenvalue weighted by molar-refractivity contribution is 5.97. The molecule has 20 heavy (non-hydrogen) atoms. The summed E-state index contributed by atoms with van der Waals surface area (Å²) in [6, 6.07) is 13.7. The van der Waals surface area contributed by atoms with Crippen molar-refractivity contribution in [1.29, 1.82) is 0 Å². The molecule has 0 spiro atoms. The van der Waals surface area contributed by atoms with E-state index in [-0.39, 0.29) is 5.78 Å². The van der Waals surface area contributed by atoms with Gasteiger partial charge in [0.05, 0.1) is 7.11 Å². The normalized spacial score (nSPS) is 10.3. The number of aryl methyl sites for hydroxylation is 2. The van der Waals surface area contributed by atoms with Gasteiger partial charge in [-0.25, -0.2) is 0 Å². The number of ketones is 1. The third-order valence-corrected chi connectivity index (χ3v) is 3.72. The van der Waals surface area contributed by atoms with Crippen molar-refractivity contribution in [3.63, 3.8) is 0 Å². The summed E-state index contributed by atoms with van der Waals surface area (Å²) >= 11 is 0. The first kappa shape index (κ1) is 14.3. The first-order valence-corrected chi connectivity index (χ1v) is 6.84. The Kier molecular flexibility index (Phi) is 4.57. The van der Waals surface area contributed by atoms with Gasteiger partial charge in [-0.15, -0.1) is 0 Å². The van der Waals surface area contributed by atoms with Crippen LogP contribution >= 0.6 is 0 Å². The maximum Gasteiger partial charge on any atom is 0.163 e. The molecule has 2 nitrogen and oxygen atoms in total. The Hall–Kier alpha value is -2.09. The van der Waals surface area contributed by atoms with Crippen molar-refractivity contribution in [3.05, 3.63) is 64.7 Å². The number of rotatable bonds is 5. The van der Waals surface area contributed by atoms with Crippen molar-refractivity contribution < 1.29 is 9.53 Å². The molecule has 0 aromatic heterocycles. The topological polar surface area (TPSA) is 26.3 Å². The van der Waals surface area contributed by atoms with E-state index in [4.69, 9.17) is 4.74 Å². The largest absolute Gasteiger partial charge is 0.496 e. The molecule has 2 aromatic carbocycles. The fourth-order valence-corrected chi connectivity index (χ4v) is 2.35. The molecule has 0 aliphatic rings. The SMILES string of the molecule is COc1ccccc1CCC(=O)c1cccc(C)c1C. The number of benzene rings is 2. The van der Waals surface area contributed by atoms with Crippen LogP contribution in [-0.2, 0) is 6.42 Å². The lowest BCUT2D eigenvalue weighted by molar-refractivity contribution is 0.0982. The third kappa shape index (κ3) is 3.08. The van der Waals surface area contributed by atoms with Crippen LogP contribution in [-0.4, -0.2) is 12.9 Å². The van der Waals surface area contributed by atoms with Crippen molar-refractivity contribution in [2.45, 2.75) is 26.7 Å². The lowest BCUT2D eigenvalue weighted by Crippen LogP contribution is -2.05. The zero-order chi connectivity index (χ0) is 14.5. The van der Waals surface area contributed by atoms with Crippen molar-refractivity contribution >= 4 is 5.78 Å². The second-order valence-electron chi connectivity index (χ2n) is 4.98. The van der Waals surface area contributed by atoms with Crippen molar-refractivity contribution in [2.24, 2.45) is 0 Å². The van der Waals surface area contributed by atoms with E-state index in [0.29, 0.717) is 12.8 Å². The second-order valence-corrected chi connectivity index (χ2v) is 4.98. The predicted octanol–water partition coefficient (Wildman–Crippen LogP) is 4.13. The Bertz CT molecular complexity index is 615. The van der Waals surface area contributed by atoms with E-state index in [1.807, 2.05) is 56.3 Å². The monoisotopic (exact) mass is 268 g/mol. The Morgan fingerprint density at radius 1 is 1.05 bits per heavy atom. The summed E-state index contributed by atoms with van der Waals surface area (Å²) in [7, 11) is 1.66. The molecule has 2 aromatic rings. The number of methoxy groups -OCH3 is 1. The van der Waals surface area contributed by atoms with Crippen molar-refractivity contribution in [2.75, 3.05) is 7.11 Å². The van der Waals surface area contributed by atoms with E-state index < -0.39 is 0 Å². The highest BCUT2D eigenvalue weighted by atomic mass is 16.5. The second kappa shape index (κ2) is 6.38. The summed E-state index contributed by atoms with van der Waals surface area (Å²) in [6.07, 6.45) is 1.21. The maximum absolute atomic E-state index is 12.3. The molecular formula is C18H20O2. The fraction of sp³-hybridized carbons (Fsp3) is 0.278. The molecule has 2 rings (SSSR count). The molecule has 0 aliphatic heterocycles. The summed E-state index contributed by atoms with van der Waals surface area (Å²) in [4.78, 5) is 12.3. The summed E-state index contributed by atoms with van der Waals surface area (Å²) in [5.74, 6) is 1.04. The quantitative estimate of drug-likeness (QED) is 0.762. The molecule has 0 atom stereocenters. The molecule has 0 amide bonds. The van der Waals surface area contributed by atoms with Gasteiger partial charge >= 0.3 is 0 Å². The number of hydrogen-bond acceptors (Lipinski definition) is 2. The third-order valence-electron chi connectivity index (χ3n) is 3.72. The van der Waals surface area contributed by atoms with Gasteiger partial charge < -0.3 is 4.74 Å². The molecular weight excluding hydrogens is 248 g/mol. The molecule has 0 heterocycles. The molecule has 104 valence electrons. The van der Waals surface area contributed by atoms with E-state index >= 15 is 0 Å². The summed E-state index contributed by atoms with van der Waals surface area (Å²) in [6.45, 7) is 4.04. The van der Waals surface area contributed by atoms with Crippen LogP contribution in [0.4, 0.5) is 0 Å². The summed E-state index contributed by atoms with van der Waals surface area (Å²) < 4.78 is 5.31. The molecule has 0 radical (unpaired) electrons. The first-order valence-electron chi connectivity index (χ1n) is 6.84. The van der Waals surface area contributed by atoms with E-state index in [9.17, 15) is 4.79 Å². The Balaban J connectivity index is 2.11. The molecule has 0 N–H and O–H groups in total. The van der Waals surface area contributed by atoms with Crippen LogP contribution < -0.4 is 4.74 Å². The predicted molar refractivity (Wildman–Crippen MR) is 81.6 cm³/mol. The Labute approximate surface area is 120 Å². The number of ether oxygens (including phenoxy) is 1. The molecule has 0 bridgehead atoms. The van der Waals surface area contributed by atoms with Gasteiger partial charge in [0.15, 0.2) is 5.78 Å². The van der Waals surface area contributed by atoms with Crippen LogP contribution in [0.25, 0.3) is 0 Å². The van der Waals surface area contributed by atoms with Crippen LogP contribution in [0.2, 0.25) is 0 Å². The number of para-hydroxylation sites is 1. The average molecular weight is 268 g/mol. The van der Waals surface area contributed by atoms with Gasteiger partial charge in [-0.2, -0.15) is 0 Å². The first-order chi connectivity index (χ1) is 9.63. The average Bonchev–Trinajstić information content (AvgIpc) is 2.48. The zero-order valence-corrected chi connectivity index (χ0v) is 12.3. The van der Waals surface area contributed by atoms with Crippen molar-refractivity contribution in [1.82, 2.24) is 0 Å². The van der Waals surface area contributed by atoms with Gasteiger partial charge in [0.25, 0.3) is 0 Å². The number of hydrogen-bond donors (Lipinski definition) is 0. The molecule has 0 unspecified atom stereocenters. The Morgan fingerprint density at radius 3 is 2.55 bits per heavy atom. The minimum absolute atomic E-state index is 0.192. The standard InChI is InChI=1S/C18H20O2/c1-13-7-6-9-16(14(13)2)17(19)12-11-15-8-4-5-10-18(15)20-3/h4-10H,11-12H2,1-3H3. The maximum atomic E-state index is 12.3. The van der Waals surface area contributed by atoms with Crippen LogP contribution in [0.15, 0.2) is 42.5 Å². The molecule has 0 saturated carbocycles. The van der Waals surface area contributed by atoms with Crippen LogP contribution in [0, 0.1) is 13.8 Å². The highest BCUT2D eigenvalue weighted by Crippen LogP contribution is 2.21. The minimum atomic E-state index is 0.192. The van der Waals surface area contributed by atoms with E-state index in [2.05, 4.69) is 0 Å². The molecule has 2 heteroatoms. The smallest absolute Gasteiger partial charge is 0.163 e. The van der Waals surface area contributed by atoms with E-state index in [1.165, 1.54) is 0 Å². The highest BCUT2D eigenvalue weighted by Gasteiger charge is 2.11. The lowest BCUT2D eigenvalue weighted by Gasteiger charge is -2.09. The van der Waals surface area contributed by atoms with Crippen LogP contribution in [0.1, 0.15) is 33.5 Å². The van der Waals surface area contributed by atoms with Gasteiger partial charge in [0.2, 0.25) is 0 Å². The summed E-state index contributed by atoms with van der Waals surface area (Å²) in [5, 5.41) is 0. The Morgan fingerprint density at radius 2 is 1.80 bits per heavy atom. The van der Waals surface area contributed by atoms with E-state index in [1.54, 1.807) is 7.11 Å². The fourth-order valence-electron chi connectivity index (χ4n) is 2.35. The number of carbonyl (C=O) groups is 1. The molecule has 0 aliphatic carbocycles. The van der Waals surface area contributed by atoms with Crippen LogP contribution in [0.5, 0.6) is 5.75 Å². The molecule has 0 saturated heterocycles. The van der Waals surface area contributed by atoms with Gasteiger partial charge in [-0.05, 0) is 43.0 Å². The van der Waals surface area contributed by atoms with Gasteiger partial charge in [-0.1, -0.05) is 36.4 Å². The number of Topliss-reactive ketones (excluding diaryl/α,β-unsaturated/α-hetero) is 1. The van der Waals surface area contributed by atoms with Crippen LogP contribution in [0.3, 0.4) is 0 Å². The number of carbonyl (C=O) groups excluding carboxylic acids is 1.